The number of hydrogen-bond donors (Lipinski definition) is 1. The van der Waals surface area contributed by atoms with Crippen LogP contribution in [0.15, 0.2) is 180 Å². The van der Waals surface area contributed by atoms with Crippen LogP contribution in [-0.2, 0) is 0 Å². The molecule has 0 spiro atoms. The van der Waals surface area contributed by atoms with Gasteiger partial charge in [0.05, 0.1) is 0 Å². The van der Waals surface area contributed by atoms with E-state index < -0.39 is 0 Å². The van der Waals surface area contributed by atoms with Gasteiger partial charge in [0.25, 0.3) is 0 Å². The van der Waals surface area contributed by atoms with E-state index >= 15 is 0 Å². The summed E-state index contributed by atoms with van der Waals surface area (Å²) in [6, 6.07) is 61.6. The van der Waals surface area contributed by atoms with E-state index in [2.05, 4.69) is 108 Å². The van der Waals surface area contributed by atoms with Crippen molar-refractivity contribution >= 4 is 65.3 Å². The van der Waals surface area contributed by atoms with Gasteiger partial charge in [-0.05, 0) is 74.8 Å². The summed E-state index contributed by atoms with van der Waals surface area (Å²) in [5.41, 5.74) is 11.3. The number of rotatable bonds is 5. The minimum atomic E-state index is 0.599. The quantitative estimate of drug-likeness (QED) is 0.180. The van der Waals surface area contributed by atoms with Crippen molar-refractivity contribution in [2.75, 3.05) is 0 Å². The Labute approximate surface area is 320 Å². The van der Waals surface area contributed by atoms with Gasteiger partial charge in [-0.3, -0.25) is 0 Å². The van der Waals surface area contributed by atoms with E-state index in [1.54, 1.807) is 0 Å². The maximum atomic E-state index is 6.55. The molecule has 0 radical (unpaired) electrons. The molecule has 12 aromatic rings. The highest BCUT2D eigenvalue weighted by Crippen LogP contribution is 2.47. The van der Waals surface area contributed by atoms with Crippen molar-refractivity contribution in [2.45, 2.75) is 0 Å². The molecule has 9 aromatic carbocycles. The van der Waals surface area contributed by atoms with Crippen LogP contribution < -0.4 is 0 Å². The molecule has 0 saturated carbocycles. The maximum Gasteiger partial charge on any atom is 0.164 e. The van der Waals surface area contributed by atoms with Crippen LogP contribution in [0.25, 0.3) is 122 Å². The van der Waals surface area contributed by atoms with Gasteiger partial charge in [-0.2, -0.15) is 0 Å². The average molecular weight is 715 g/mol. The van der Waals surface area contributed by atoms with Gasteiger partial charge in [0.15, 0.2) is 17.5 Å². The van der Waals surface area contributed by atoms with Crippen LogP contribution in [0.3, 0.4) is 0 Å². The van der Waals surface area contributed by atoms with Crippen LogP contribution >= 0.6 is 0 Å². The standard InChI is InChI=1S/C51H30N4O/c1-4-12-30(13-5-1)33-22-24-37-39(28-33)36-18-10-20-41-47(36)48-42(52-41)26-25-35(46(37)48)34-23-27-43-40(29-34)45-38(19-11-21-44(45)56-43)51-54-49(31-14-6-2-7-15-31)53-50(55-51)32-16-8-3-9-17-32/h1-29,52H. The van der Waals surface area contributed by atoms with Crippen LogP contribution in [0, 0.1) is 0 Å². The molecule has 0 amide bonds. The lowest BCUT2D eigenvalue weighted by atomic mass is 9.88. The SMILES string of the molecule is c1ccc(-c2ccc3c(c2)c2cccc4[nH]c5ccc(-c6ccc7oc8cccc(-c9nc(-c%10ccccc%10)nc(-c%10ccccc%10)n9)c8c7c6)c3c5c42)cc1. The molecule has 5 nitrogen and oxygen atoms in total. The fraction of sp³-hybridized carbons (Fsp3) is 0. The maximum absolute atomic E-state index is 6.55. The third-order valence-electron chi connectivity index (χ3n) is 11.2. The minimum Gasteiger partial charge on any atom is -0.456 e. The first kappa shape index (κ1) is 30.8. The van der Waals surface area contributed by atoms with Crippen LogP contribution in [0.2, 0.25) is 0 Å². The molecule has 0 aliphatic heterocycles. The smallest absolute Gasteiger partial charge is 0.164 e. The van der Waals surface area contributed by atoms with Gasteiger partial charge in [0.1, 0.15) is 11.2 Å². The van der Waals surface area contributed by atoms with Gasteiger partial charge in [-0.1, -0.05) is 140 Å². The Morgan fingerprint density at radius 2 is 0.946 bits per heavy atom. The minimum absolute atomic E-state index is 0.599. The fourth-order valence-corrected chi connectivity index (χ4v) is 8.69. The second kappa shape index (κ2) is 11.9. The first-order valence-electron chi connectivity index (χ1n) is 18.9. The van der Waals surface area contributed by atoms with E-state index in [0.29, 0.717) is 17.5 Å². The summed E-state index contributed by atoms with van der Waals surface area (Å²) in [5.74, 6) is 1.85. The Hall–Kier alpha value is -7.63. The van der Waals surface area contributed by atoms with Crippen molar-refractivity contribution in [1.82, 2.24) is 19.9 Å². The molecule has 0 unspecified atom stereocenters. The Kier molecular flexibility index (Phi) is 6.56. The van der Waals surface area contributed by atoms with E-state index in [4.69, 9.17) is 19.4 Å². The lowest BCUT2D eigenvalue weighted by Gasteiger charge is -2.15. The van der Waals surface area contributed by atoms with E-state index in [9.17, 15) is 0 Å². The van der Waals surface area contributed by atoms with E-state index in [0.717, 1.165) is 55.2 Å². The molecule has 260 valence electrons. The van der Waals surface area contributed by atoms with Crippen LogP contribution in [-0.4, -0.2) is 19.9 Å². The lowest BCUT2D eigenvalue weighted by Crippen LogP contribution is -2.00. The molecule has 0 atom stereocenters. The summed E-state index contributed by atoms with van der Waals surface area (Å²) < 4.78 is 6.55. The van der Waals surface area contributed by atoms with Gasteiger partial charge in [0, 0.05) is 54.7 Å². The summed E-state index contributed by atoms with van der Waals surface area (Å²) in [5, 5.41) is 9.50. The molecule has 0 saturated heterocycles. The molecule has 5 heteroatoms. The molecule has 0 fully saturated rings. The normalized spacial score (nSPS) is 11.9. The first-order valence-corrected chi connectivity index (χ1v) is 18.9. The lowest BCUT2D eigenvalue weighted by molar-refractivity contribution is 0.669. The zero-order chi connectivity index (χ0) is 36.7. The predicted molar refractivity (Wildman–Crippen MR) is 230 cm³/mol. The highest BCUT2D eigenvalue weighted by Gasteiger charge is 2.22. The Morgan fingerprint density at radius 1 is 0.321 bits per heavy atom. The highest BCUT2D eigenvalue weighted by atomic mass is 16.3. The molecule has 1 N–H and O–H groups in total. The fourth-order valence-electron chi connectivity index (χ4n) is 8.69. The Bertz CT molecular complexity index is 3400. The number of H-pyrrole nitrogens is 1. The second-order valence-corrected chi connectivity index (χ2v) is 14.4. The van der Waals surface area contributed by atoms with Crippen molar-refractivity contribution in [2.24, 2.45) is 0 Å². The summed E-state index contributed by atoms with van der Waals surface area (Å²) >= 11 is 0. The molecular formula is C51H30N4O. The van der Waals surface area contributed by atoms with Gasteiger partial charge in [-0.15, -0.1) is 0 Å². The topological polar surface area (TPSA) is 67.6 Å². The van der Waals surface area contributed by atoms with E-state index in [1.807, 2.05) is 72.8 Å². The van der Waals surface area contributed by atoms with Crippen LogP contribution in [0.4, 0.5) is 0 Å². The van der Waals surface area contributed by atoms with Gasteiger partial charge in [-0.25, -0.2) is 15.0 Å². The van der Waals surface area contributed by atoms with Crippen LogP contribution in [0.5, 0.6) is 0 Å². The van der Waals surface area contributed by atoms with Crippen molar-refractivity contribution < 1.29 is 4.42 Å². The molecule has 0 aliphatic carbocycles. The number of hydrogen-bond acceptors (Lipinski definition) is 4. The Balaban J connectivity index is 1.11. The summed E-state index contributed by atoms with van der Waals surface area (Å²) in [6.07, 6.45) is 0. The third kappa shape index (κ3) is 4.64. The summed E-state index contributed by atoms with van der Waals surface area (Å²) in [7, 11) is 0. The number of nitrogens with one attached hydrogen (secondary N) is 1. The number of aromatic nitrogens is 4. The molecule has 12 rings (SSSR count). The number of benzene rings is 9. The van der Waals surface area contributed by atoms with Gasteiger partial charge < -0.3 is 9.40 Å². The second-order valence-electron chi connectivity index (χ2n) is 14.4. The Morgan fingerprint density at radius 3 is 1.70 bits per heavy atom. The molecule has 3 heterocycles. The summed E-state index contributed by atoms with van der Waals surface area (Å²) in [4.78, 5) is 18.9. The third-order valence-corrected chi connectivity index (χ3v) is 11.2. The van der Waals surface area contributed by atoms with Crippen molar-refractivity contribution in [3.8, 4) is 56.4 Å². The van der Waals surface area contributed by atoms with Gasteiger partial charge >= 0.3 is 0 Å². The van der Waals surface area contributed by atoms with E-state index in [-0.39, 0.29) is 0 Å². The number of nitrogens with zero attached hydrogens (tertiary/aromatic N) is 3. The van der Waals surface area contributed by atoms with Gasteiger partial charge in [0.2, 0.25) is 0 Å². The monoisotopic (exact) mass is 714 g/mol. The summed E-state index contributed by atoms with van der Waals surface area (Å²) in [6.45, 7) is 0. The zero-order valence-electron chi connectivity index (χ0n) is 30.0. The average Bonchev–Trinajstić information content (AvgIpc) is 3.85. The van der Waals surface area contributed by atoms with E-state index in [1.165, 1.54) is 49.0 Å². The molecule has 0 bridgehead atoms. The number of furan rings is 1. The van der Waals surface area contributed by atoms with Crippen molar-refractivity contribution in [1.29, 1.82) is 0 Å². The molecular weight excluding hydrogens is 685 g/mol. The number of aromatic amines is 1. The molecule has 0 aliphatic rings. The zero-order valence-corrected chi connectivity index (χ0v) is 30.0. The van der Waals surface area contributed by atoms with Crippen molar-refractivity contribution in [3.05, 3.63) is 176 Å². The first-order chi connectivity index (χ1) is 27.7. The molecule has 3 aromatic heterocycles. The van der Waals surface area contributed by atoms with Crippen molar-refractivity contribution in [3.63, 3.8) is 0 Å². The highest BCUT2D eigenvalue weighted by molar-refractivity contribution is 6.36. The van der Waals surface area contributed by atoms with Crippen LogP contribution in [0.1, 0.15) is 0 Å². The largest absolute Gasteiger partial charge is 0.456 e. The number of fused-ring (bicyclic) bond motifs is 6. The predicted octanol–water partition coefficient (Wildman–Crippen LogP) is 13.5. The molecule has 56 heavy (non-hydrogen) atoms.